The van der Waals surface area contributed by atoms with Crippen LogP contribution in [0.5, 0.6) is 5.75 Å². The average molecular weight is 580 g/mol. The number of nitrogens with zero attached hydrogens (tertiary/aromatic N) is 2. The van der Waals surface area contributed by atoms with Gasteiger partial charge in [0.1, 0.15) is 12.4 Å². The molecular formula is C30H24Cl2N2O4S. The number of carbonyl (C=O) groups excluding carboxylic acids is 1. The van der Waals surface area contributed by atoms with Crippen molar-refractivity contribution in [2.45, 2.75) is 26.5 Å². The molecule has 0 aliphatic carbocycles. The fraction of sp³-hybridized carbons (Fsp3) is 0.167. The second-order valence-corrected chi connectivity index (χ2v) is 10.7. The molecule has 3 aromatic carbocycles. The number of esters is 1. The first-order valence-electron chi connectivity index (χ1n) is 12.3. The van der Waals surface area contributed by atoms with Gasteiger partial charge in [0, 0.05) is 15.6 Å². The van der Waals surface area contributed by atoms with Gasteiger partial charge in [0.25, 0.3) is 5.56 Å². The molecule has 9 heteroatoms. The van der Waals surface area contributed by atoms with Crippen LogP contribution in [0.3, 0.4) is 0 Å². The molecule has 1 aromatic heterocycles. The lowest BCUT2D eigenvalue weighted by molar-refractivity contribution is -0.139. The summed E-state index contributed by atoms with van der Waals surface area (Å²) < 4.78 is 13.4. The molecule has 2 heterocycles. The highest BCUT2D eigenvalue weighted by Gasteiger charge is 2.33. The summed E-state index contributed by atoms with van der Waals surface area (Å²) >= 11 is 13.5. The van der Waals surface area contributed by atoms with Crippen LogP contribution in [0, 0.1) is 0 Å². The highest BCUT2D eigenvalue weighted by molar-refractivity contribution is 7.07. The average Bonchev–Trinajstić information content (AvgIpc) is 3.22. The Labute approximate surface area is 239 Å². The van der Waals surface area contributed by atoms with Crippen molar-refractivity contribution in [2.75, 3.05) is 6.61 Å². The van der Waals surface area contributed by atoms with E-state index in [-0.39, 0.29) is 18.8 Å². The van der Waals surface area contributed by atoms with E-state index >= 15 is 0 Å². The van der Waals surface area contributed by atoms with E-state index in [2.05, 4.69) is 4.99 Å². The number of carbonyl (C=O) groups is 1. The summed E-state index contributed by atoms with van der Waals surface area (Å²) in [5.41, 5.74) is 3.07. The summed E-state index contributed by atoms with van der Waals surface area (Å²) in [5.74, 6) is 0.151. The molecule has 0 unspecified atom stereocenters. The predicted octanol–water partition coefficient (Wildman–Crippen LogP) is 5.68. The summed E-state index contributed by atoms with van der Waals surface area (Å²) in [6.45, 7) is 4.02. The van der Waals surface area contributed by atoms with Crippen LogP contribution in [-0.4, -0.2) is 17.1 Å². The van der Waals surface area contributed by atoms with E-state index < -0.39 is 12.0 Å². The topological polar surface area (TPSA) is 69.9 Å². The van der Waals surface area contributed by atoms with E-state index in [1.54, 1.807) is 36.6 Å². The highest BCUT2D eigenvalue weighted by Crippen LogP contribution is 2.30. The molecule has 6 nitrogen and oxygen atoms in total. The normalized spacial score (nSPS) is 15.1. The van der Waals surface area contributed by atoms with Crippen LogP contribution >= 0.6 is 34.5 Å². The van der Waals surface area contributed by atoms with Crippen molar-refractivity contribution in [3.05, 3.63) is 130 Å². The van der Waals surface area contributed by atoms with Gasteiger partial charge in [0.2, 0.25) is 0 Å². The summed E-state index contributed by atoms with van der Waals surface area (Å²) in [5, 5.41) is 1.09. The lowest BCUT2D eigenvalue weighted by Crippen LogP contribution is -2.39. The number of aromatic nitrogens is 1. The molecular weight excluding hydrogens is 555 g/mol. The molecule has 0 fully saturated rings. The minimum absolute atomic E-state index is 0.226. The molecule has 198 valence electrons. The number of fused-ring (bicyclic) bond motifs is 1. The van der Waals surface area contributed by atoms with E-state index in [0.717, 1.165) is 16.7 Å². The van der Waals surface area contributed by atoms with Crippen LogP contribution in [0.2, 0.25) is 10.0 Å². The van der Waals surface area contributed by atoms with E-state index in [0.29, 0.717) is 36.4 Å². The fourth-order valence-electron chi connectivity index (χ4n) is 4.39. The Morgan fingerprint density at radius 3 is 2.62 bits per heavy atom. The predicted molar refractivity (Wildman–Crippen MR) is 154 cm³/mol. The van der Waals surface area contributed by atoms with Crippen molar-refractivity contribution in [2.24, 2.45) is 4.99 Å². The summed E-state index contributed by atoms with van der Waals surface area (Å²) in [6.07, 6.45) is 1.80. The molecule has 0 N–H and O–H groups in total. The third kappa shape index (κ3) is 5.71. The zero-order chi connectivity index (χ0) is 27.5. The van der Waals surface area contributed by atoms with Crippen LogP contribution in [0.25, 0.3) is 6.08 Å². The Morgan fingerprint density at radius 1 is 1.08 bits per heavy atom. The van der Waals surface area contributed by atoms with E-state index in [9.17, 15) is 9.59 Å². The van der Waals surface area contributed by atoms with Crippen LogP contribution in [0.4, 0.5) is 0 Å². The minimum atomic E-state index is -0.637. The van der Waals surface area contributed by atoms with Crippen molar-refractivity contribution in [3.63, 3.8) is 0 Å². The highest BCUT2D eigenvalue weighted by atomic mass is 35.5. The second kappa shape index (κ2) is 11.6. The Morgan fingerprint density at radius 2 is 1.87 bits per heavy atom. The molecule has 0 saturated carbocycles. The Balaban J connectivity index is 1.52. The lowest BCUT2D eigenvalue weighted by atomic mass is 9.96. The standard InChI is InChI=1S/C30H24Cl2N2O4S/c1-3-37-29(36)26-18(2)33-30-34(27(26)20-9-5-4-6-10-20)28(35)25(39-30)15-19-8-7-11-23(14-19)38-17-21-12-13-22(31)16-24(21)32/h4-16,27H,3,17H2,1-2H3/b25-15-/t27-/m1/s1. The first kappa shape index (κ1) is 26.9. The van der Waals surface area contributed by atoms with Gasteiger partial charge in [-0.1, -0.05) is 83.1 Å². The van der Waals surface area contributed by atoms with Gasteiger partial charge in [-0.05, 0) is 55.3 Å². The maximum atomic E-state index is 13.7. The number of rotatable bonds is 7. The monoisotopic (exact) mass is 578 g/mol. The smallest absolute Gasteiger partial charge is 0.338 e. The van der Waals surface area contributed by atoms with Crippen LogP contribution in [0.15, 0.2) is 93.9 Å². The fourth-order valence-corrected chi connectivity index (χ4v) is 5.90. The van der Waals surface area contributed by atoms with Gasteiger partial charge in [-0.2, -0.15) is 0 Å². The summed E-state index contributed by atoms with van der Waals surface area (Å²) in [6, 6.07) is 21.5. The molecule has 0 spiro atoms. The minimum Gasteiger partial charge on any atom is -0.489 e. The largest absolute Gasteiger partial charge is 0.489 e. The van der Waals surface area contributed by atoms with Gasteiger partial charge >= 0.3 is 5.97 Å². The lowest BCUT2D eigenvalue weighted by Gasteiger charge is -2.24. The van der Waals surface area contributed by atoms with E-state index in [4.69, 9.17) is 32.7 Å². The van der Waals surface area contributed by atoms with Gasteiger partial charge in [-0.3, -0.25) is 9.36 Å². The molecule has 0 saturated heterocycles. The van der Waals surface area contributed by atoms with Crippen molar-refractivity contribution in [3.8, 4) is 5.75 Å². The first-order chi connectivity index (χ1) is 18.9. The molecule has 1 aliphatic heterocycles. The Kier molecular flexibility index (Phi) is 8.02. The van der Waals surface area contributed by atoms with Crippen molar-refractivity contribution < 1.29 is 14.3 Å². The maximum absolute atomic E-state index is 13.7. The summed E-state index contributed by atoms with van der Waals surface area (Å²) in [4.78, 5) is 31.8. The van der Waals surface area contributed by atoms with Gasteiger partial charge in [-0.25, -0.2) is 9.79 Å². The molecule has 1 atom stereocenters. The molecule has 39 heavy (non-hydrogen) atoms. The van der Waals surface area contributed by atoms with Gasteiger partial charge in [-0.15, -0.1) is 0 Å². The third-order valence-electron chi connectivity index (χ3n) is 6.20. The third-order valence-corrected chi connectivity index (χ3v) is 7.77. The van der Waals surface area contributed by atoms with Crippen molar-refractivity contribution in [1.29, 1.82) is 0 Å². The quantitative estimate of drug-likeness (QED) is 0.264. The Bertz CT molecular complexity index is 1760. The zero-order valence-electron chi connectivity index (χ0n) is 21.2. The van der Waals surface area contributed by atoms with Crippen molar-refractivity contribution >= 4 is 46.6 Å². The SMILES string of the molecule is CCOC(=O)C1=C(C)N=c2s/c(=C\c3cccc(OCc4ccc(Cl)cc4Cl)c3)c(=O)n2[C@@H]1c1ccccc1. The van der Waals surface area contributed by atoms with Crippen LogP contribution < -0.4 is 19.6 Å². The molecule has 1 aliphatic rings. The maximum Gasteiger partial charge on any atom is 0.338 e. The number of ether oxygens (including phenoxy) is 2. The van der Waals surface area contributed by atoms with Gasteiger partial charge in [0.15, 0.2) is 4.80 Å². The number of halogens is 2. The number of hydrogen-bond acceptors (Lipinski definition) is 6. The molecule has 0 amide bonds. The van der Waals surface area contributed by atoms with Crippen molar-refractivity contribution in [1.82, 2.24) is 4.57 Å². The van der Waals surface area contributed by atoms with E-state index in [1.807, 2.05) is 60.7 Å². The molecule has 0 bridgehead atoms. The van der Waals surface area contributed by atoms with E-state index in [1.165, 1.54) is 11.3 Å². The van der Waals surface area contributed by atoms with Gasteiger partial charge in [0.05, 0.1) is 28.5 Å². The first-order valence-corrected chi connectivity index (χ1v) is 13.8. The summed E-state index contributed by atoms with van der Waals surface area (Å²) in [7, 11) is 0. The number of benzene rings is 3. The van der Waals surface area contributed by atoms with Crippen LogP contribution in [-0.2, 0) is 16.1 Å². The number of thiazole rings is 1. The number of allylic oxidation sites excluding steroid dienone is 1. The molecule has 5 rings (SSSR count). The second-order valence-electron chi connectivity index (χ2n) is 8.81. The van der Waals surface area contributed by atoms with Gasteiger partial charge < -0.3 is 9.47 Å². The molecule has 4 aromatic rings. The van der Waals surface area contributed by atoms with Crippen LogP contribution in [0.1, 0.15) is 36.6 Å². The molecule has 0 radical (unpaired) electrons. The zero-order valence-corrected chi connectivity index (χ0v) is 23.5. The Hall–Kier alpha value is -3.65. The number of hydrogen-bond donors (Lipinski definition) is 0.